The molecule has 5 nitrogen and oxygen atoms in total. The number of nitrogens with one attached hydrogen (secondary N) is 1. The molecule has 0 aromatic heterocycles. The monoisotopic (exact) mass is 271 g/mol. The van der Waals surface area contributed by atoms with Gasteiger partial charge in [0.1, 0.15) is 0 Å². The van der Waals surface area contributed by atoms with E-state index in [9.17, 15) is 8.42 Å². The number of rotatable bonds is 6. The van der Waals surface area contributed by atoms with Gasteiger partial charge in [0.05, 0.1) is 4.90 Å². The van der Waals surface area contributed by atoms with E-state index in [4.69, 9.17) is 5.14 Å². The van der Waals surface area contributed by atoms with E-state index in [1.54, 1.807) is 12.1 Å². The highest BCUT2D eigenvalue weighted by Gasteiger charge is 2.11. The van der Waals surface area contributed by atoms with Crippen LogP contribution < -0.4 is 10.5 Å². The molecule has 18 heavy (non-hydrogen) atoms. The van der Waals surface area contributed by atoms with Crippen molar-refractivity contribution in [3.8, 4) is 0 Å². The zero-order chi connectivity index (χ0) is 13.8. The van der Waals surface area contributed by atoms with Crippen LogP contribution in [0.5, 0.6) is 0 Å². The van der Waals surface area contributed by atoms with Crippen LogP contribution in [0.4, 0.5) is 0 Å². The number of hydrogen-bond donors (Lipinski definition) is 2. The van der Waals surface area contributed by atoms with E-state index in [2.05, 4.69) is 10.2 Å². The number of hydrogen-bond acceptors (Lipinski definition) is 4. The molecule has 1 rings (SSSR count). The molecule has 102 valence electrons. The number of primary sulfonamides is 1. The van der Waals surface area contributed by atoms with E-state index >= 15 is 0 Å². The standard InChI is InChI=1S/C12H21N3O2S/c1-10(14-7-8-15(2)3)11-5-4-6-12(9-11)18(13,16)17/h4-6,9-10,14H,7-8H2,1-3H3,(H2,13,16,17). The fraction of sp³-hybridized carbons (Fsp3) is 0.500. The lowest BCUT2D eigenvalue weighted by atomic mass is 10.1. The lowest BCUT2D eigenvalue weighted by Crippen LogP contribution is -2.28. The van der Waals surface area contributed by atoms with Crippen LogP contribution in [-0.4, -0.2) is 40.5 Å². The van der Waals surface area contributed by atoms with Crippen molar-refractivity contribution in [1.82, 2.24) is 10.2 Å². The van der Waals surface area contributed by atoms with Gasteiger partial charge in [-0.05, 0) is 38.7 Å². The average Bonchev–Trinajstić information content (AvgIpc) is 2.27. The van der Waals surface area contributed by atoms with Gasteiger partial charge >= 0.3 is 0 Å². The first-order valence-electron chi connectivity index (χ1n) is 5.81. The maximum Gasteiger partial charge on any atom is 0.238 e. The van der Waals surface area contributed by atoms with E-state index in [1.807, 2.05) is 27.1 Å². The van der Waals surface area contributed by atoms with Gasteiger partial charge in [-0.3, -0.25) is 0 Å². The highest BCUT2D eigenvalue weighted by atomic mass is 32.2. The fourth-order valence-corrected chi connectivity index (χ4v) is 2.15. The second-order valence-electron chi connectivity index (χ2n) is 4.60. The highest BCUT2D eigenvalue weighted by molar-refractivity contribution is 7.89. The smallest absolute Gasteiger partial charge is 0.238 e. The molecule has 0 aliphatic heterocycles. The van der Waals surface area contributed by atoms with Gasteiger partial charge in [-0.15, -0.1) is 0 Å². The maximum absolute atomic E-state index is 11.3. The van der Waals surface area contributed by atoms with Crippen LogP contribution >= 0.6 is 0 Å². The van der Waals surface area contributed by atoms with E-state index < -0.39 is 10.0 Å². The van der Waals surface area contributed by atoms with Gasteiger partial charge in [0, 0.05) is 19.1 Å². The molecule has 3 N–H and O–H groups in total. The van der Waals surface area contributed by atoms with Crippen LogP contribution in [0.25, 0.3) is 0 Å². The quantitative estimate of drug-likeness (QED) is 0.792. The summed E-state index contributed by atoms with van der Waals surface area (Å²) in [5.74, 6) is 0. The molecule has 6 heteroatoms. The Morgan fingerprint density at radius 1 is 1.39 bits per heavy atom. The molecule has 0 radical (unpaired) electrons. The molecule has 1 aromatic carbocycles. The zero-order valence-electron chi connectivity index (χ0n) is 11.1. The Morgan fingerprint density at radius 3 is 2.61 bits per heavy atom. The molecular weight excluding hydrogens is 250 g/mol. The molecule has 0 aliphatic rings. The van der Waals surface area contributed by atoms with Gasteiger partial charge in [0.25, 0.3) is 0 Å². The Labute approximate surface area is 109 Å². The normalized spacial score (nSPS) is 13.8. The summed E-state index contributed by atoms with van der Waals surface area (Å²) in [4.78, 5) is 2.24. The molecule has 0 saturated heterocycles. The fourth-order valence-electron chi connectivity index (χ4n) is 1.58. The van der Waals surface area contributed by atoms with Crippen LogP contribution in [0.2, 0.25) is 0 Å². The Balaban J connectivity index is 2.72. The van der Waals surface area contributed by atoms with Crippen LogP contribution in [0.1, 0.15) is 18.5 Å². The second kappa shape index (κ2) is 6.29. The minimum Gasteiger partial charge on any atom is -0.309 e. The molecule has 0 fully saturated rings. The molecule has 0 amide bonds. The minimum absolute atomic E-state index is 0.0895. The summed E-state index contributed by atoms with van der Waals surface area (Å²) in [6.45, 7) is 3.77. The molecule has 1 unspecified atom stereocenters. The van der Waals surface area contributed by atoms with Gasteiger partial charge < -0.3 is 10.2 Å². The van der Waals surface area contributed by atoms with Crippen molar-refractivity contribution >= 4 is 10.0 Å². The first kappa shape index (κ1) is 15.1. The highest BCUT2D eigenvalue weighted by Crippen LogP contribution is 2.16. The number of nitrogens with zero attached hydrogens (tertiary/aromatic N) is 1. The Hall–Kier alpha value is -0.950. The number of sulfonamides is 1. The summed E-state index contributed by atoms with van der Waals surface area (Å²) in [5.41, 5.74) is 0.917. The molecule has 0 spiro atoms. The van der Waals surface area contributed by atoms with Gasteiger partial charge in [-0.1, -0.05) is 12.1 Å². The summed E-state index contributed by atoms with van der Waals surface area (Å²) < 4.78 is 22.5. The Bertz CT molecular complexity index is 486. The van der Waals surface area contributed by atoms with E-state index in [0.717, 1.165) is 18.7 Å². The Kier molecular flexibility index (Phi) is 5.28. The van der Waals surface area contributed by atoms with Crippen LogP contribution in [0.15, 0.2) is 29.2 Å². The van der Waals surface area contributed by atoms with Crippen LogP contribution in [0.3, 0.4) is 0 Å². The lowest BCUT2D eigenvalue weighted by molar-refractivity contribution is 0.389. The molecule has 0 heterocycles. The predicted octanol–water partition coefficient (Wildman–Crippen LogP) is 0.546. The number of nitrogens with two attached hydrogens (primary N) is 1. The van der Waals surface area contributed by atoms with Crippen molar-refractivity contribution in [3.63, 3.8) is 0 Å². The van der Waals surface area contributed by atoms with Gasteiger partial charge in [-0.25, -0.2) is 13.6 Å². The van der Waals surface area contributed by atoms with Crippen LogP contribution in [-0.2, 0) is 10.0 Å². The Morgan fingerprint density at radius 2 is 2.06 bits per heavy atom. The molecule has 1 atom stereocenters. The van der Waals surface area contributed by atoms with Gasteiger partial charge in [0.15, 0.2) is 0 Å². The van der Waals surface area contributed by atoms with Crippen molar-refractivity contribution in [2.24, 2.45) is 5.14 Å². The summed E-state index contributed by atoms with van der Waals surface area (Å²) in [6.07, 6.45) is 0. The summed E-state index contributed by atoms with van der Waals surface area (Å²) in [6, 6.07) is 6.81. The molecular formula is C12H21N3O2S. The topological polar surface area (TPSA) is 75.4 Å². The summed E-state index contributed by atoms with van der Waals surface area (Å²) in [5, 5.41) is 8.44. The van der Waals surface area contributed by atoms with E-state index in [-0.39, 0.29) is 10.9 Å². The van der Waals surface area contributed by atoms with Crippen molar-refractivity contribution < 1.29 is 8.42 Å². The number of benzene rings is 1. The first-order chi connectivity index (χ1) is 8.30. The third kappa shape index (κ3) is 4.73. The molecule has 0 bridgehead atoms. The molecule has 0 saturated carbocycles. The molecule has 1 aromatic rings. The van der Waals surface area contributed by atoms with Crippen molar-refractivity contribution in [3.05, 3.63) is 29.8 Å². The predicted molar refractivity (Wildman–Crippen MR) is 72.8 cm³/mol. The maximum atomic E-state index is 11.3. The minimum atomic E-state index is -3.63. The van der Waals surface area contributed by atoms with Gasteiger partial charge in [-0.2, -0.15) is 0 Å². The first-order valence-corrected chi connectivity index (χ1v) is 7.36. The van der Waals surface area contributed by atoms with Gasteiger partial charge in [0.2, 0.25) is 10.0 Å². The number of likely N-dealkylation sites (N-methyl/N-ethyl adjacent to an activating group) is 1. The van der Waals surface area contributed by atoms with Crippen LogP contribution in [0, 0.1) is 0 Å². The largest absolute Gasteiger partial charge is 0.309 e. The average molecular weight is 271 g/mol. The summed E-state index contributed by atoms with van der Waals surface area (Å²) >= 11 is 0. The van der Waals surface area contributed by atoms with Crippen molar-refractivity contribution in [2.75, 3.05) is 27.2 Å². The summed E-state index contributed by atoms with van der Waals surface area (Å²) in [7, 11) is 0.387. The van der Waals surface area contributed by atoms with E-state index in [1.165, 1.54) is 6.07 Å². The third-order valence-corrected chi connectivity index (χ3v) is 3.61. The van der Waals surface area contributed by atoms with Crippen molar-refractivity contribution in [1.29, 1.82) is 0 Å². The molecule has 0 aliphatic carbocycles. The van der Waals surface area contributed by atoms with Crippen molar-refractivity contribution in [2.45, 2.75) is 17.9 Å². The zero-order valence-corrected chi connectivity index (χ0v) is 11.9. The SMILES string of the molecule is CC(NCCN(C)C)c1cccc(S(N)(=O)=O)c1. The lowest BCUT2D eigenvalue weighted by Gasteiger charge is -2.17. The second-order valence-corrected chi connectivity index (χ2v) is 6.16. The van der Waals surface area contributed by atoms with E-state index in [0.29, 0.717) is 0 Å². The third-order valence-electron chi connectivity index (χ3n) is 2.70.